The molecule has 1 aliphatic rings. The molecule has 0 bridgehead atoms. The van der Waals surface area contributed by atoms with Gasteiger partial charge in [-0.3, -0.25) is 4.79 Å². The van der Waals surface area contributed by atoms with Crippen LogP contribution in [0.25, 0.3) is 0 Å². The topological polar surface area (TPSA) is 29.1 Å². The summed E-state index contributed by atoms with van der Waals surface area (Å²) in [5.74, 6) is 0.342. The first-order valence-electron chi connectivity index (χ1n) is 9.34. The van der Waals surface area contributed by atoms with Crippen molar-refractivity contribution in [1.82, 2.24) is 5.32 Å². The third-order valence-electron chi connectivity index (χ3n) is 4.22. The predicted octanol–water partition coefficient (Wildman–Crippen LogP) is 5.82. The molecular formula is C22H39NO. The minimum Gasteiger partial charge on any atom is -0.317 e. The van der Waals surface area contributed by atoms with E-state index in [9.17, 15) is 4.79 Å². The molecule has 138 valence electrons. The van der Waals surface area contributed by atoms with Gasteiger partial charge in [-0.1, -0.05) is 64.4 Å². The highest BCUT2D eigenvalue weighted by atomic mass is 16.1. The van der Waals surface area contributed by atoms with Crippen LogP contribution >= 0.6 is 0 Å². The minimum absolute atomic E-state index is 0.0226. The van der Waals surface area contributed by atoms with Crippen molar-refractivity contribution in [3.05, 3.63) is 49.1 Å². The number of carbonyl (C=O) groups is 1. The van der Waals surface area contributed by atoms with Crippen LogP contribution in [0.5, 0.6) is 0 Å². The van der Waals surface area contributed by atoms with E-state index < -0.39 is 0 Å². The molecule has 1 saturated heterocycles. The van der Waals surface area contributed by atoms with Gasteiger partial charge in [0.05, 0.1) is 0 Å². The van der Waals surface area contributed by atoms with Crippen LogP contribution in [0, 0.1) is 5.41 Å². The van der Waals surface area contributed by atoms with Gasteiger partial charge < -0.3 is 5.32 Å². The van der Waals surface area contributed by atoms with Crippen molar-refractivity contribution in [3.8, 4) is 0 Å². The van der Waals surface area contributed by atoms with Crippen LogP contribution in [0.4, 0.5) is 0 Å². The average molecular weight is 334 g/mol. The molecule has 0 spiro atoms. The number of piperidine rings is 1. The maximum Gasteiger partial charge on any atom is 0.135 e. The van der Waals surface area contributed by atoms with E-state index in [1.165, 1.54) is 24.8 Å². The lowest BCUT2D eigenvalue weighted by atomic mass is 9.78. The Morgan fingerprint density at radius 1 is 1.12 bits per heavy atom. The normalized spacial score (nSPS) is 14.5. The monoisotopic (exact) mass is 333 g/mol. The van der Waals surface area contributed by atoms with Crippen LogP contribution in [0.3, 0.4) is 0 Å². The molecule has 2 rings (SSSR count). The van der Waals surface area contributed by atoms with Gasteiger partial charge in [-0.05, 0) is 51.3 Å². The fourth-order valence-corrected chi connectivity index (χ4v) is 2.36. The molecule has 0 unspecified atom stereocenters. The largest absolute Gasteiger partial charge is 0.317 e. The second kappa shape index (κ2) is 16.4. The van der Waals surface area contributed by atoms with Gasteiger partial charge in [-0.25, -0.2) is 0 Å². The SMILES string of the molecule is C=C.CC.CC(=O)C1(C)CCNCC1.CCCCc1ccccc1. The molecule has 2 heteroatoms. The van der Waals surface area contributed by atoms with E-state index in [1.54, 1.807) is 6.92 Å². The Kier molecular flexibility index (Phi) is 17.0. The zero-order valence-corrected chi connectivity index (χ0v) is 16.7. The lowest BCUT2D eigenvalue weighted by Crippen LogP contribution is -2.38. The Bertz CT molecular complexity index is 394. The first-order chi connectivity index (χ1) is 11.6. The number of Topliss-reactive ketones (excluding diaryl/α,β-unsaturated/α-hetero) is 1. The molecule has 0 aliphatic carbocycles. The first kappa shape index (κ1) is 24.8. The van der Waals surface area contributed by atoms with Crippen LogP contribution in [0.15, 0.2) is 43.5 Å². The van der Waals surface area contributed by atoms with Crippen LogP contribution in [0.1, 0.15) is 65.9 Å². The molecule has 1 aliphatic heterocycles. The van der Waals surface area contributed by atoms with Crippen molar-refractivity contribution >= 4 is 5.78 Å². The summed E-state index contributed by atoms with van der Waals surface area (Å²) in [7, 11) is 0. The molecule has 1 aromatic rings. The van der Waals surface area contributed by atoms with Gasteiger partial charge in [0.1, 0.15) is 5.78 Å². The minimum atomic E-state index is -0.0226. The molecule has 0 aromatic heterocycles. The molecule has 0 saturated carbocycles. The van der Waals surface area contributed by atoms with Crippen molar-refractivity contribution in [2.24, 2.45) is 5.41 Å². The van der Waals surface area contributed by atoms with Crippen molar-refractivity contribution < 1.29 is 4.79 Å². The van der Waals surface area contributed by atoms with E-state index >= 15 is 0 Å². The Morgan fingerprint density at radius 2 is 1.62 bits per heavy atom. The lowest BCUT2D eigenvalue weighted by molar-refractivity contribution is -0.126. The summed E-state index contributed by atoms with van der Waals surface area (Å²) < 4.78 is 0. The van der Waals surface area contributed by atoms with Crippen molar-refractivity contribution in [2.75, 3.05) is 13.1 Å². The van der Waals surface area contributed by atoms with Gasteiger partial charge >= 0.3 is 0 Å². The second-order valence-electron chi connectivity index (χ2n) is 5.96. The number of hydrogen-bond donors (Lipinski definition) is 1. The van der Waals surface area contributed by atoms with E-state index in [0.29, 0.717) is 5.78 Å². The number of carbonyl (C=O) groups excluding carboxylic acids is 1. The maximum absolute atomic E-state index is 11.1. The number of rotatable bonds is 4. The number of hydrogen-bond acceptors (Lipinski definition) is 2. The van der Waals surface area contributed by atoms with Gasteiger partial charge in [0.2, 0.25) is 0 Å². The van der Waals surface area contributed by atoms with E-state index in [4.69, 9.17) is 0 Å². The molecule has 1 aromatic carbocycles. The van der Waals surface area contributed by atoms with E-state index in [1.807, 2.05) is 13.8 Å². The average Bonchev–Trinajstić information content (AvgIpc) is 2.65. The Labute approximate surface area is 150 Å². The highest BCUT2D eigenvalue weighted by Gasteiger charge is 2.30. The molecular weight excluding hydrogens is 294 g/mol. The Balaban J connectivity index is 0. The number of aryl methyl sites for hydroxylation is 1. The fraction of sp³-hybridized carbons (Fsp3) is 0.591. The van der Waals surface area contributed by atoms with Gasteiger partial charge in [-0.15, -0.1) is 13.2 Å². The van der Waals surface area contributed by atoms with Crippen LogP contribution < -0.4 is 5.32 Å². The number of nitrogens with one attached hydrogen (secondary N) is 1. The van der Waals surface area contributed by atoms with Gasteiger partial charge in [-0.2, -0.15) is 0 Å². The van der Waals surface area contributed by atoms with Crippen molar-refractivity contribution in [1.29, 1.82) is 0 Å². The summed E-state index contributed by atoms with van der Waals surface area (Å²) in [4.78, 5) is 11.1. The lowest BCUT2D eigenvalue weighted by Gasteiger charge is -2.31. The smallest absolute Gasteiger partial charge is 0.135 e. The maximum atomic E-state index is 11.1. The number of benzene rings is 1. The van der Waals surface area contributed by atoms with Crippen LogP contribution in [-0.4, -0.2) is 18.9 Å². The molecule has 1 N–H and O–H groups in total. The summed E-state index contributed by atoms with van der Waals surface area (Å²) in [5.41, 5.74) is 1.44. The van der Waals surface area contributed by atoms with E-state index in [-0.39, 0.29) is 5.41 Å². The number of ketones is 1. The summed E-state index contributed by atoms with van der Waals surface area (Å²) in [5, 5.41) is 3.24. The molecule has 0 amide bonds. The standard InChI is InChI=1S/C10H14.C8H15NO.C2H6.C2H4/c1-2-3-7-10-8-5-4-6-9-10;1-7(10)8(2)3-5-9-6-4-8;2*1-2/h4-6,8-9H,2-3,7H2,1H3;9H,3-6H2,1-2H3;1-2H3;1-2H2. The quantitative estimate of drug-likeness (QED) is 0.703. The summed E-state index contributed by atoms with van der Waals surface area (Å²) in [6.45, 7) is 18.0. The Hall–Kier alpha value is -1.41. The molecule has 0 atom stereocenters. The second-order valence-corrected chi connectivity index (χ2v) is 5.96. The third kappa shape index (κ3) is 11.2. The van der Waals surface area contributed by atoms with Gasteiger partial charge in [0, 0.05) is 5.41 Å². The number of unbranched alkanes of at least 4 members (excludes halogenated alkanes) is 1. The van der Waals surface area contributed by atoms with Crippen LogP contribution in [0.2, 0.25) is 0 Å². The predicted molar refractivity (Wildman–Crippen MR) is 109 cm³/mol. The molecule has 24 heavy (non-hydrogen) atoms. The molecule has 1 heterocycles. The molecule has 0 radical (unpaired) electrons. The molecule has 1 fully saturated rings. The molecule has 2 nitrogen and oxygen atoms in total. The summed E-state index contributed by atoms with van der Waals surface area (Å²) in [6.07, 6.45) is 5.83. The highest BCUT2D eigenvalue weighted by Crippen LogP contribution is 2.28. The summed E-state index contributed by atoms with van der Waals surface area (Å²) >= 11 is 0. The van der Waals surface area contributed by atoms with E-state index in [0.717, 1.165) is 25.9 Å². The Morgan fingerprint density at radius 3 is 2.00 bits per heavy atom. The first-order valence-corrected chi connectivity index (χ1v) is 9.34. The summed E-state index contributed by atoms with van der Waals surface area (Å²) in [6, 6.07) is 10.6. The van der Waals surface area contributed by atoms with Crippen LogP contribution in [-0.2, 0) is 11.2 Å². The zero-order valence-electron chi connectivity index (χ0n) is 16.7. The van der Waals surface area contributed by atoms with Gasteiger partial charge in [0.25, 0.3) is 0 Å². The fourth-order valence-electron chi connectivity index (χ4n) is 2.36. The third-order valence-corrected chi connectivity index (χ3v) is 4.22. The van der Waals surface area contributed by atoms with Crippen molar-refractivity contribution in [2.45, 2.75) is 66.7 Å². The van der Waals surface area contributed by atoms with Gasteiger partial charge in [0.15, 0.2) is 0 Å². The van der Waals surface area contributed by atoms with E-state index in [2.05, 4.69) is 62.7 Å². The highest BCUT2D eigenvalue weighted by molar-refractivity contribution is 5.82. The zero-order chi connectivity index (χ0) is 18.8. The van der Waals surface area contributed by atoms with Crippen molar-refractivity contribution in [3.63, 3.8) is 0 Å².